The molecule has 0 fully saturated rings. The van der Waals surface area contributed by atoms with Crippen LogP contribution in [0.1, 0.15) is 20.3 Å². The summed E-state index contributed by atoms with van der Waals surface area (Å²) in [6, 6.07) is 2.07. The third-order valence-electron chi connectivity index (χ3n) is 1.29. The standard InChI is InChI=1S/C9H18N2O/c1-9(2)8-12-7-6-11-5-3-4-10/h9,11H,3,5-8H2,1-2H3. The van der Waals surface area contributed by atoms with E-state index in [4.69, 9.17) is 10.00 Å². The summed E-state index contributed by atoms with van der Waals surface area (Å²) in [6.07, 6.45) is 0.574. The number of rotatable bonds is 7. The molecule has 0 aromatic heterocycles. The van der Waals surface area contributed by atoms with Gasteiger partial charge in [-0.25, -0.2) is 0 Å². The number of hydrogen-bond donors (Lipinski definition) is 1. The van der Waals surface area contributed by atoms with Crippen molar-refractivity contribution in [2.24, 2.45) is 5.92 Å². The highest BCUT2D eigenvalue weighted by atomic mass is 16.5. The van der Waals surface area contributed by atoms with Gasteiger partial charge in [0.1, 0.15) is 0 Å². The molecular weight excluding hydrogens is 152 g/mol. The van der Waals surface area contributed by atoms with E-state index in [1.54, 1.807) is 0 Å². The number of nitriles is 1. The normalized spacial score (nSPS) is 10.2. The molecule has 0 aliphatic heterocycles. The van der Waals surface area contributed by atoms with Crippen LogP contribution in [0.25, 0.3) is 0 Å². The van der Waals surface area contributed by atoms with Gasteiger partial charge in [-0.2, -0.15) is 5.26 Å². The van der Waals surface area contributed by atoms with E-state index in [1.165, 1.54) is 0 Å². The maximum absolute atomic E-state index is 8.22. The predicted molar refractivity (Wildman–Crippen MR) is 48.8 cm³/mol. The van der Waals surface area contributed by atoms with E-state index in [9.17, 15) is 0 Å². The van der Waals surface area contributed by atoms with Gasteiger partial charge in [-0.05, 0) is 5.92 Å². The zero-order chi connectivity index (χ0) is 9.23. The van der Waals surface area contributed by atoms with Crippen molar-refractivity contribution in [2.75, 3.05) is 26.3 Å². The zero-order valence-corrected chi connectivity index (χ0v) is 7.97. The van der Waals surface area contributed by atoms with Crippen LogP contribution in [0.15, 0.2) is 0 Å². The summed E-state index contributed by atoms with van der Waals surface area (Å²) in [5.74, 6) is 0.601. The van der Waals surface area contributed by atoms with E-state index < -0.39 is 0 Å². The van der Waals surface area contributed by atoms with Crippen LogP contribution >= 0.6 is 0 Å². The summed E-state index contributed by atoms with van der Waals surface area (Å²) in [5.41, 5.74) is 0. The van der Waals surface area contributed by atoms with E-state index in [0.29, 0.717) is 12.3 Å². The molecule has 70 valence electrons. The molecule has 0 aliphatic rings. The number of hydrogen-bond acceptors (Lipinski definition) is 3. The molecule has 0 bridgehead atoms. The first-order chi connectivity index (χ1) is 5.77. The summed E-state index contributed by atoms with van der Waals surface area (Å²) in [7, 11) is 0. The summed E-state index contributed by atoms with van der Waals surface area (Å²) < 4.78 is 5.33. The number of nitrogens with zero attached hydrogens (tertiary/aromatic N) is 1. The molecule has 0 spiro atoms. The molecule has 0 amide bonds. The predicted octanol–water partition coefficient (Wildman–Crippen LogP) is 1.16. The van der Waals surface area contributed by atoms with Crippen LogP contribution in [0.4, 0.5) is 0 Å². The first-order valence-electron chi connectivity index (χ1n) is 4.42. The molecule has 12 heavy (non-hydrogen) atoms. The third-order valence-corrected chi connectivity index (χ3v) is 1.29. The van der Waals surface area contributed by atoms with Gasteiger partial charge in [0.25, 0.3) is 0 Å². The van der Waals surface area contributed by atoms with Gasteiger partial charge >= 0.3 is 0 Å². The van der Waals surface area contributed by atoms with Gasteiger partial charge in [0, 0.05) is 26.1 Å². The molecule has 0 aromatic rings. The Bertz CT molecular complexity index is 129. The number of nitrogens with one attached hydrogen (secondary N) is 1. The minimum absolute atomic E-state index is 0.574. The molecule has 3 heteroatoms. The molecule has 0 radical (unpaired) electrons. The van der Waals surface area contributed by atoms with Crippen LogP contribution < -0.4 is 5.32 Å². The van der Waals surface area contributed by atoms with Gasteiger partial charge in [-0.15, -0.1) is 0 Å². The Kier molecular flexibility index (Phi) is 8.09. The molecule has 3 nitrogen and oxygen atoms in total. The average Bonchev–Trinajstić information content (AvgIpc) is 2.02. The Labute approximate surface area is 74.7 Å². The lowest BCUT2D eigenvalue weighted by molar-refractivity contribution is 0.112. The fourth-order valence-corrected chi connectivity index (χ4v) is 0.733. The lowest BCUT2D eigenvalue weighted by atomic mass is 10.2. The minimum atomic E-state index is 0.574. The van der Waals surface area contributed by atoms with Crippen LogP contribution in [-0.2, 0) is 4.74 Å². The van der Waals surface area contributed by atoms with Gasteiger partial charge in [0.15, 0.2) is 0 Å². The number of ether oxygens (including phenoxy) is 1. The second-order valence-electron chi connectivity index (χ2n) is 3.13. The highest BCUT2D eigenvalue weighted by Crippen LogP contribution is 1.90. The Hall–Kier alpha value is -0.590. The van der Waals surface area contributed by atoms with Crippen LogP contribution in [0, 0.1) is 17.2 Å². The first kappa shape index (κ1) is 11.4. The maximum Gasteiger partial charge on any atom is 0.0635 e. The highest BCUT2D eigenvalue weighted by molar-refractivity contribution is 4.69. The van der Waals surface area contributed by atoms with Crippen molar-refractivity contribution in [2.45, 2.75) is 20.3 Å². The van der Waals surface area contributed by atoms with E-state index in [-0.39, 0.29) is 0 Å². The molecule has 0 rings (SSSR count). The van der Waals surface area contributed by atoms with E-state index >= 15 is 0 Å². The molecule has 0 saturated heterocycles. The van der Waals surface area contributed by atoms with Crippen molar-refractivity contribution < 1.29 is 4.74 Å². The van der Waals surface area contributed by atoms with Crippen molar-refractivity contribution in [3.63, 3.8) is 0 Å². The van der Waals surface area contributed by atoms with Crippen molar-refractivity contribution in [1.82, 2.24) is 5.32 Å². The Morgan fingerprint density at radius 2 is 2.17 bits per heavy atom. The fraction of sp³-hybridized carbons (Fsp3) is 0.889. The first-order valence-corrected chi connectivity index (χ1v) is 4.42. The van der Waals surface area contributed by atoms with Crippen molar-refractivity contribution in [1.29, 1.82) is 5.26 Å². The van der Waals surface area contributed by atoms with Crippen molar-refractivity contribution in [3.8, 4) is 6.07 Å². The van der Waals surface area contributed by atoms with Crippen LogP contribution in [0.2, 0.25) is 0 Å². The van der Waals surface area contributed by atoms with Gasteiger partial charge in [-0.3, -0.25) is 0 Å². The molecule has 0 saturated carbocycles. The summed E-state index contributed by atoms with van der Waals surface area (Å²) >= 11 is 0. The smallest absolute Gasteiger partial charge is 0.0635 e. The van der Waals surface area contributed by atoms with Gasteiger partial charge < -0.3 is 10.1 Å². The van der Waals surface area contributed by atoms with Gasteiger partial charge in [0.05, 0.1) is 12.7 Å². The van der Waals surface area contributed by atoms with Gasteiger partial charge in [-0.1, -0.05) is 13.8 Å². The van der Waals surface area contributed by atoms with Gasteiger partial charge in [0.2, 0.25) is 0 Å². The molecule has 1 N–H and O–H groups in total. The lowest BCUT2D eigenvalue weighted by Crippen LogP contribution is -2.21. The molecule has 0 aliphatic carbocycles. The SMILES string of the molecule is CC(C)COCCNCCC#N. The molecule has 0 aromatic carbocycles. The molecule has 0 atom stereocenters. The second-order valence-corrected chi connectivity index (χ2v) is 3.13. The van der Waals surface area contributed by atoms with Crippen LogP contribution in [-0.4, -0.2) is 26.3 Å². The Morgan fingerprint density at radius 3 is 2.75 bits per heavy atom. The Morgan fingerprint density at radius 1 is 1.42 bits per heavy atom. The highest BCUT2D eigenvalue weighted by Gasteiger charge is 1.92. The molecule has 0 unspecified atom stereocenters. The monoisotopic (exact) mass is 170 g/mol. The topological polar surface area (TPSA) is 45.0 Å². The zero-order valence-electron chi connectivity index (χ0n) is 7.97. The van der Waals surface area contributed by atoms with Crippen LogP contribution in [0.3, 0.4) is 0 Å². The van der Waals surface area contributed by atoms with E-state index in [0.717, 1.165) is 26.3 Å². The van der Waals surface area contributed by atoms with E-state index in [1.807, 2.05) is 0 Å². The minimum Gasteiger partial charge on any atom is -0.380 e. The summed E-state index contributed by atoms with van der Waals surface area (Å²) in [6.45, 7) is 7.42. The largest absolute Gasteiger partial charge is 0.380 e. The fourth-order valence-electron chi connectivity index (χ4n) is 0.733. The van der Waals surface area contributed by atoms with Crippen molar-refractivity contribution >= 4 is 0 Å². The lowest BCUT2D eigenvalue weighted by Gasteiger charge is -2.06. The Balaban J connectivity index is 2.87. The van der Waals surface area contributed by atoms with Crippen molar-refractivity contribution in [3.05, 3.63) is 0 Å². The molecular formula is C9H18N2O. The average molecular weight is 170 g/mol. The van der Waals surface area contributed by atoms with Crippen LogP contribution in [0.5, 0.6) is 0 Å². The van der Waals surface area contributed by atoms with E-state index in [2.05, 4.69) is 25.2 Å². The third kappa shape index (κ3) is 9.41. The second kappa shape index (κ2) is 8.51. The quantitative estimate of drug-likeness (QED) is 0.583. The molecule has 0 heterocycles. The summed E-state index contributed by atoms with van der Waals surface area (Å²) in [5, 5.41) is 11.3. The maximum atomic E-state index is 8.22. The summed E-state index contributed by atoms with van der Waals surface area (Å²) in [4.78, 5) is 0.